The van der Waals surface area contributed by atoms with Gasteiger partial charge in [0.05, 0.1) is 11.9 Å². The number of carbonyl (C=O) groups excluding carboxylic acids is 2. The Morgan fingerprint density at radius 2 is 1.66 bits per heavy atom. The molecule has 0 saturated heterocycles. The fraction of sp³-hybridized carbons (Fsp3) is 0.462. The van der Waals surface area contributed by atoms with Gasteiger partial charge in [-0.1, -0.05) is 56.6 Å². The Morgan fingerprint density at radius 1 is 1.03 bits per heavy atom. The van der Waals surface area contributed by atoms with E-state index in [0.717, 1.165) is 28.1 Å². The van der Waals surface area contributed by atoms with E-state index in [1.807, 2.05) is 45.9 Å². The molecule has 0 unspecified atom stereocenters. The molecule has 2 atom stereocenters. The van der Waals surface area contributed by atoms with Gasteiger partial charge in [-0.25, -0.2) is 8.42 Å². The Bertz CT molecular complexity index is 1120. The lowest BCUT2D eigenvalue weighted by molar-refractivity contribution is -0.139. The summed E-state index contributed by atoms with van der Waals surface area (Å²) in [6.45, 7) is 9.26. The Balaban J connectivity index is 2.38. The average molecular weight is 522 g/mol. The van der Waals surface area contributed by atoms with Crippen molar-refractivity contribution in [2.75, 3.05) is 17.1 Å². The van der Waals surface area contributed by atoms with E-state index in [9.17, 15) is 18.0 Å². The summed E-state index contributed by atoms with van der Waals surface area (Å²) >= 11 is 6.13. The van der Waals surface area contributed by atoms with Gasteiger partial charge in [-0.05, 0) is 61.6 Å². The van der Waals surface area contributed by atoms with E-state index < -0.39 is 28.5 Å². The summed E-state index contributed by atoms with van der Waals surface area (Å²) in [7, 11) is -3.76. The Labute approximate surface area is 214 Å². The second-order valence-electron chi connectivity index (χ2n) is 9.16. The van der Waals surface area contributed by atoms with Gasteiger partial charge in [-0.3, -0.25) is 13.9 Å². The number of carbonyl (C=O) groups is 2. The van der Waals surface area contributed by atoms with Crippen LogP contribution in [-0.2, 0) is 26.2 Å². The highest BCUT2D eigenvalue weighted by molar-refractivity contribution is 7.92. The first-order valence-corrected chi connectivity index (χ1v) is 14.0. The zero-order valence-corrected chi connectivity index (χ0v) is 22.9. The monoisotopic (exact) mass is 521 g/mol. The highest BCUT2D eigenvalue weighted by atomic mass is 35.5. The molecule has 2 aromatic carbocycles. The SMILES string of the molecule is CC[C@H](C)NC(=O)[C@H](C)N(Cc1cccc(Cl)c1)C(=O)CN(c1ccc(C(C)C)cc1)S(C)(=O)=O. The van der Waals surface area contributed by atoms with Crippen molar-refractivity contribution >= 4 is 39.1 Å². The molecule has 35 heavy (non-hydrogen) atoms. The second kappa shape index (κ2) is 12.4. The van der Waals surface area contributed by atoms with Gasteiger partial charge in [0.1, 0.15) is 12.6 Å². The van der Waals surface area contributed by atoms with E-state index in [1.54, 1.807) is 37.3 Å². The maximum atomic E-state index is 13.5. The number of rotatable bonds is 11. The number of halogens is 1. The minimum atomic E-state index is -3.76. The number of amides is 2. The van der Waals surface area contributed by atoms with Gasteiger partial charge < -0.3 is 10.2 Å². The van der Waals surface area contributed by atoms with Crippen LogP contribution >= 0.6 is 11.6 Å². The van der Waals surface area contributed by atoms with Crippen LogP contribution in [0.25, 0.3) is 0 Å². The molecule has 0 radical (unpaired) electrons. The van der Waals surface area contributed by atoms with Gasteiger partial charge >= 0.3 is 0 Å². The van der Waals surface area contributed by atoms with E-state index in [0.29, 0.717) is 10.7 Å². The van der Waals surface area contributed by atoms with E-state index in [2.05, 4.69) is 5.32 Å². The van der Waals surface area contributed by atoms with Crippen molar-refractivity contribution in [3.05, 3.63) is 64.7 Å². The molecule has 2 rings (SSSR count). The molecule has 0 bridgehead atoms. The molecular weight excluding hydrogens is 486 g/mol. The van der Waals surface area contributed by atoms with E-state index in [1.165, 1.54) is 4.90 Å². The number of hydrogen-bond donors (Lipinski definition) is 1. The Kier molecular flexibility index (Phi) is 10.2. The summed E-state index contributed by atoms with van der Waals surface area (Å²) < 4.78 is 26.4. The van der Waals surface area contributed by atoms with Gasteiger partial charge in [0.2, 0.25) is 21.8 Å². The first kappa shape index (κ1) is 28.7. The van der Waals surface area contributed by atoms with Crippen LogP contribution in [0.15, 0.2) is 48.5 Å². The van der Waals surface area contributed by atoms with E-state index in [-0.39, 0.29) is 24.4 Å². The van der Waals surface area contributed by atoms with Gasteiger partial charge in [0.25, 0.3) is 0 Å². The van der Waals surface area contributed by atoms with Crippen LogP contribution in [0.4, 0.5) is 5.69 Å². The van der Waals surface area contributed by atoms with Crippen molar-refractivity contribution in [3.8, 4) is 0 Å². The lowest BCUT2D eigenvalue weighted by Gasteiger charge is -2.32. The Morgan fingerprint density at radius 3 is 2.17 bits per heavy atom. The maximum Gasteiger partial charge on any atom is 0.244 e. The van der Waals surface area contributed by atoms with Crippen molar-refractivity contribution in [3.63, 3.8) is 0 Å². The summed E-state index contributed by atoms with van der Waals surface area (Å²) in [5, 5.41) is 3.41. The van der Waals surface area contributed by atoms with Crippen LogP contribution in [0.3, 0.4) is 0 Å². The topological polar surface area (TPSA) is 86.8 Å². The third kappa shape index (κ3) is 8.25. The number of nitrogens with zero attached hydrogens (tertiary/aromatic N) is 2. The smallest absolute Gasteiger partial charge is 0.244 e. The Hall–Kier alpha value is -2.58. The average Bonchev–Trinajstić information content (AvgIpc) is 2.79. The van der Waals surface area contributed by atoms with Crippen LogP contribution in [0, 0.1) is 0 Å². The highest BCUT2D eigenvalue weighted by Gasteiger charge is 2.30. The number of nitrogens with one attached hydrogen (secondary N) is 1. The minimum absolute atomic E-state index is 0.0555. The molecule has 0 saturated carbocycles. The highest BCUT2D eigenvalue weighted by Crippen LogP contribution is 2.23. The quantitative estimate of drug-likeness (QED) is 0.469. The van der Waals surface area contributed by atoms with Crippen LogP contribution in [0.2, 0.25) is 5.02 Å². The number of anilines is 1. The fourth-order valence-corrected chi connectivity index (χ4v) is 4.58. The zero-order valence-electron chi connectivity index (χ0n) is 21.3. The van der Waals surface area contributed by atoms with E-state index >= 15 is 0 Å². The molecule has 0 aliphatic rings. The van der Waals surface area contributed by atoms with Gasteiger partial charge in [0, 0.05) is 17.6 Å². The van der Waals surface area contributed by atoms with Crippen LogP contribution < -0.4 is 9.62 Å². The van der Waals surface area contributed by atoms with E-state index in [4.69, 9.17) is 11.6 Å². The number of hydrogen-bond acceptors (Lipinski definition) is 4. The third-order valence-electron chi connectivity index (χ3n) is 5.94. The summed E-state index contributed by atoms with van der Waals surface area (Å²) in [4.78, 5) is 27.8. The molecular formula is C26H36ClN3O4S. The lowest BCUT2D eigenvalue weighted by atomic mass is 10.0. The summed E-state index contributed by atoms with van der Waals surface area (Å²) in [5.41, 5.74) is 2.19. The van der Waals surface area contributed by atoms with Gasteiger partial charge in [-0.15, -0.1) is 0 Å². The summed E-state index contributed by atoms with van der Waals surface area (Å²) in [6, 6.07) is 13.3. The van der Waals surface area contributed by atoms with Crippen molar-refractivity contribution in [1.29, 1.82) is 0 Å². The van der Waals surface area contributed by atoms with Gasteiger partial charge in [-0.2, -0.15) is 0 Å². The molecule has 0 aromatic heterocycles. The van der Waals surface area contributed by atoms with Crippen molar-refractivity contribution in [1.82, 2.24) is 10.2 Å². The second-order valence-corrected chi connectivity index (χ2v) is 11.5. The number of benzene rings is 2. The zero-order chi connectivity index (χ0) is 26.3. The third-order valence-corrected chi connectivity index (χ3v) is 7.31. The number of sulfonamides is 1. The fourth-order valence-electron chi connectivity index (χ4n) is 3.52. The largest absolute Gasteiger partial charge is 0.352 e. The van der Waals surface area contributed by atoms with Crippen molar-refractivity contribution in [2.24, 2.45) is 0 Å². The summed E-state index contributed by atoms with van der Waals surface area (Å²) in [6.07, 6.45) is 1.81. The van der Waals surface area contributed by atoms with Crippen LogP contribution in [0.1, 0.15) is 58.1 Å². The van der Waals surface area contributed by atoms with Gasteiger partial charge in [0.15, 0.2) is 0 Å². The first-order chi connectivity index (χ1) is 16.3. The normalized spacial score (nSPS) is 13.3. The lowest BCUT2D eigenvalue weighted by Crippen LogP contribution is -2.52. The molecule has 0 heterocycles. The van der Waals surface area contributed by atoms with Crippen LogP contribution in [0.5, 0.6) is 0 Å². The minimum Gasteiger partial charge on any atom is -0.352 e. The van der Waals surface area contributed by atoms with Crippen LogP contribution in [-0.4, -0.2) is 50.0 Å². The molecule has 0 fully saturated rings. The van der Waals surface area contributed by atoms with Crippen molar-refractivity contribution in [2.45, 2.75) is 65.6 Å². The molecule has 2 amide bonds. The molecule has 192 valence electrons. The predicted molar refractivity (Wildman–Crippen MR) is 142 cm³/mol. The summed E-state index contributed by atoms with van der Waals surface area (Å²) in [5.74, 6) is -0.507. The molecule has 0 aliphatic heterocycles. The predicted octanol–water partition coefficient (Wildman–Crippen LogP) is 4.56. The maximum absolute atomic E-state index is 13.5. The molecule has 0 aliphatic carbocycles. The molecule has 9 heteroatoms. The molecule has 0 spiro atoms. The molecule has 2 aromatic rings. The molecule has 1 N–H and O–H groups in total. The first-order valence-electron chi connectivity index (χ1n) is 11.7. The molecule has 7 nitrogen and oxygen atoms in total. The van der Waals surface area contributed by atoms with Crippen molar-refractivity contribution < 1.29 is 18.0 Å². The standard InChI is InChI=1S/C26H36ClN3O4S/c1-7-19(4)28-26(32)20(5)29(16-21-9-8-10-23(27)15-21)25(31)17-30(35(6,33)34)24-13-11-22(12-14-24)18(2)3/h8-15,18-20H,7,16-17H2,1-6H3,(H,28,32)/t19-,20-/m0/s1.